The summed E-state index contributed by atoms with van der Waals surface area (Å²) in [5, 5.41) is 3.84. The van der Waals surface area contributed by atoms with Gasteiger partial charge in [0.1, 0.15) is 0 Å². The Labute approximate surface area is 139 Å². The molecular formula is C20H26N2O. The van der Waals surface area contributed by atoms with E-state index in [1.54, 1.807) is 7.11 Å². The van der Waals surface area contributed by atoms with Gasteiger partial charge in [-0.15, -0.1) is 0 Å². The number of pyridine rings is 1. The number of aryl methyl sites for hydroxylation is 1. The molecule has 0 aliphatic heterocycles. The molecule has 0 unspecified atom stereocenters. The molecular weight excluding hydrogens is 284 g/mol. The van der Waals surface area contributed by atoms with Crippen LogP contribution in [0.15, 0.2) is 42.6 Å². The van der Waals surface area contributed by atoms with Gasteiger partial charge in [0.2, 0.25) is 0 Å². The van der Waals surface area contributed by atoms with Crippen LogP contribution in [-0.4, -0.2) is 12.1 Å². The van der Waals surface area contributed by atoms with Crippen molar-refractivity contribution in [2.75, 3.05) is 12.4 Å². The Kier molecular flexibility index (Phi) is 4.85. The van der Waals surface area contributed by atoms with Gasteiger partial charge in [-0.25, -0.2) is 0 Å². The van der Waals surface area contributed by atoms with Gasteiger partial charge in [-0.2, -0.15) is 0 Å². The lowest BCUT2D eigenvalue weighted by Gasteiger charge is -2.40. The molecule has 1 fully saturated rings. The predicted octanol–water partition coefficient (Wildman–Crippen LogP) is 4.92. The summed E-state index contributed by atoms with van der Waals surface area (Å²) in [5.41, 5.74) is 3.44. The molecule has 0 saturated heterocycles. The number of rotatable bonds is 5. The molecule has 1 heterocycles. The molecule has 1 aliphatic carbocycles. The van der Waals surface area contributed by atoms with E-state index < -0.39 is 0 Å². The van der Waals surface area contributed by atoms with Crippen LogP contribution < -0.4 is 10.1 Å². The molecule has 122 valence electrons. The highest BCUT2D eigenvalue weighted by Gasteiger charge is 2.34. The fraction of sp³-hybridized carbons (Fsp3) is 0.450. The zero-order valence-corrected chi connectivity index (χ0v) is 14.1. The normalized spacial score (nSPS) is 16.8. The summed E-state index contributed by atoms with van der Waals surface area (Å²) in [7, 11) is 1.73. The van der Waals surface area contributed by atoms with E-state index in [2.05, 4.69) is 47.6 Å². The van der Waals surface area contributed by atoms with Gasteiger partial charge in [0.05, 0.1) is 24.0 Å². The molecule has 0 bridgehead atoms. The fourth-order valence-electron chi connectivity index (χ4n) is 3.73. The zero-order chi connectivity index (χ0) is 16.1. The lowest BCUT2D eigenvalue weighted by molar-refractivity contribution is 0.328. The van der Waals surface area contributed by atoms with Crippen LogP contribution in [0.2, 0.25) is 0 Å². The number of methoxy groups -OCH3 is 1. The van der Waals surface area contributed by atoms with Crippen molar-refractivity contribution in [1.82, 2.24) is 4.98 Å². The molecule has 23 heavy (non-hydrogen) atoms. The summed E-state index contributed by atoms with van der Waals surface area (Å²) in [6, 6.07) is 12.9. The number of hydrogen-bond donors (Lipinski definition) is 1. The Balaban J connectivity index is 2.00. The van der Waals surface area contributed by atoms with Gasteiger partial charge < -0.3 is 10.1 Å². The van der Waals surface area contributed by atoms with Crippen LogP contribution in [0.4, 0.5) is 5.69 Å². The van der Waals surface area contributed by atoms with Crippen molar-refractivity contribution in [3.05, 3.63) is 53.9 Å². The minimum Gasteiger partial charge on any atom is -0.493 e. The van der Waals surface area contributed by atoms with E-state index >= 15 is 0 Å². The van der Waals surface area contributed by atoms with E-state index in [1.165, 1.54) is 24.8 Å². The maximum atomic E-state index is 5.66. The van der Waals surface area contributed by atoms with E-state index in [1.807, 2.05) is 12.3 Å². The van der Waals surface area contributed by atoms with Gasteiger partial charge >= 0.3 is 0 Å². The number of ether oxygens (including phenoxy) is 1. The lowest BCUT2D eigenvalue weighted by Crippen LogP contribution is -2.37. The summed E-state index contributed by atoms with van der Waals surface area (Å²) < 4.78 is 5.66. The van der Waals surface area contributed by atoms with Crippen LogP contribution in [0, 0.1) is 0 Å². The Hall–Kier alpha value is -2.03. The summed E-state index contributed by atoms with van der Waals surface area (Å²) in [6.07, 6.45) is 8.91. The number of nitrogens with one attached hydrogen (secondary N) is 1. The summed E-state index contributed by atoms with van der Waals surface area (Å²) >= 11 is 0. The molecule has 3 nitrogen and oxygen atoms in total. The molecule has 3 rings (SSSR count). The first kappa shape index (κ1) is 15.9. The first-order valence-corrected chi connectivity index (χ1v) is 8.64. The maximum Gasteiger partial charge on any atom is 0.163 e. The van der Waals surface area contributed by atoms with Crippen LogP contribution in [-0.2, 0) is 12.0 Å². The molecule has 1 saturated carbocycles. The predicted molar refractivity (Wildman–Crippen MR) is 95.0 cm³/mol. The van der Waals surface area contributed by atoms with Crippen LogP contribution >= 0.6 is 0 Å². The third-order valence-electron chi connectivity index (χ3n) is 4.92. The maximum absolute atomic E-state index is 5.66. The molecule has 1 aromatic carbocycles. The third kappa shape index (κ3) is 3.19. The summed E-state index contributed by atoms with van der Waals surface area (Å²) in [4.78, 5) is 4.45. The van der Waals surface area contributed by atoms with Crippen molar-refractivity contribution >= 4 is 5.69 Å². The van der Waals surface area contributed by atoms with Gasteiger partial charge in [0.25, 0.3) is 0 Å². The number of hydrogen-bond acceptors (Lipinski definition) is 3. The van der Waals surface area contributed by atoms with Gasteiger partial charge in [0, 0.05) is 6.20 Å². The molecule has 0 amide bonds. The molecule has 1 aliphatic rings. The zero-order valence-electron chi connectivity index (χ0n) is 14.1. The molecule has 0 spiro atoms. The lowest BCUT2D eigenvalue weighted by atomic mass is 9.76. The second kappa shape index (κ2) is 7.03. The number of benzene rings is 1. The molecule has 2 aromatic rings. The molecule has 0 radical (unpaired) electrons. The van der Waals surface area contributed by atoms with Crippen molar-refractivity contribution in [2.24, 2.45) is 0 Å². The third-order valence-corrected chi connectivity index (χ3v) is 4.92. The van der Waals surface area contributed by atoms with Crippen molar-refractivity contribution < 1.29 is 4.74 Å². The molecule has 1 N–H and O–H groups in total. The van der Waals surface area contributed by atoms with Crippen molar-refractivity contribution in [3.8, 4) is 5.75 Å². The Morgan fingerprint density at radius 2 is 1.83 bits per heavy atom. The van der Waals surface area contributed by atoms with Crippen molar-refractivity contribution in [3.63, 3.8) is 0 Å². The Morgan fingerprint density at radius 3 is 2.48 bits per heavy atom. The van der Waals surface area contributed by atoms with Crippen LogP contribution in [0.5, 0.6) is 5.75 Å². The monoisotopic (exact) mass is 310 g/mol. The van der Waals surface area contributed by atoms with Gasteiger partial charge in [0.15, 0.2) is 5.75 Å². The second-order valence-electron chi connectivity index (χ2n) is 6.33. The van der Waals surface area contributed by atoms with Gasteiger partial charge in [-0.3, -0.25) is 4.98 Å². The first-order valence-electron chi connectivity index (χ1n) is 8.64. The van der Waals surface area contributed by atoms with E-state index in [0.29, 0.717) is 0 Å². The molecule has 3 heteroatoms. The van der Waals surface area contributed by atoms with E-state index in [4.69, 9.17) is 4.74 Å². The number of anilines is 1. The van der Waals surface area contributed by atoms with E-state index in [-0.39, 0.29) is 5.54 Å². The Bertz CT molecular complexity index is 633. The average Bonchev–Trinajstić information content (AvgIpc) is 2.63. The molecule has 1 aromatic heterocycles. The number of aromatic nitrogens is 1. The second-order valence-corrected chi connectivity index (χ2v) is 6.33. The van der Waals surface area contributed by atoms with Crippen LogP contribution in [0.1, 0.15) is 50.3 Å². The number of nitrogens with zero attached hydrogens (tertiary/aromatic N) is 1. The van der Waals surface area contributed by atoms with Crippen molar-refractivity contribution in [2.45, 2.75) is 51.0 Å². The minimum absolute atomic E-state index is 0.000839. The Morgan fingerprint density at radius 1 is 1.09 bits per heavy atom. The van der Waals surface area contributed by atoms with E-state index in [9.17, 15) is 0 Å². The highest BCUT2D eigenvalue weighted by molar-refractivity contribution is 5.60. The average molecular weight is 310 g/mol. The fourth-order valence-corrected chi connectivity index (χ4v) is 3.73. The molecule has 0 atom stereocenters. The first-order chi connectivity index (χ1) is 11.3. The highest BCUT2D eigenvalue weighted by atomic mass is 16.5. The quantitative estimate of drug-likeness (QED) is 0.850. The smallest absolute Gasteiger partial charge is 0.163 e. The largest absolute Gasteiger partial charge is 0.493 e. The van der Waals surface area contributed by atoms with Gasteiger partial charge in [-0.05, 0) is 30.9 Å². The topological polar surface area (TPSA) is 34.2 Å². The SMILES string of the molecule is CCc1nccc(NC2(c3ccccc3)CCCCC2)c1OC. The minimum atomic E-state index is -0.000839. The highest BCUT2D eigenvalue weighted by Crippen LogP contribution is 2.42. The van der Waals surface area contributed by atoms with Crippen molar-refractivity contribution in [1.29, 1.82) is 0 Å². The standard InChI is InChI=1S/C20H26N2O/c1-3-17-19(23-2)18(12-15-21-17)22-20(13-8-5-9-14-20)16-10-6-4-7-11-16/h4,6-7,10-12,15H,3,5,8-9,13-14H2,1-2H3,(H,21,22). The van der Waals surface area contributed by atoms with E-state index in [0.717, 1.165) is 36.4 Å². The van der Waals surface area contributed by atoms with Crippen LogP contribution in [0.3, 0.4) is 0 Å². The van der Waals surface area contributed by atoms with Gasteiger partial charge in [-0.1, -0.05) is 56.5 Å². The summed E-state index contributed by atoms with van der Waals surface area (Å²) in [6.45, 7) is 2.11. The summed E-state index contributed by atoms with van der Waals surface area (Å²) in [5.74, 6) is 0.885. The van der Waals surface area contributed by atoms with Crippen LogP contribution in [0.25, 0.3) is 0 Å².